The molecule has 0 saturated heterocycles. The van der Waals surface area contributed by atoms with E-state index in [9.17, 15) is 10.1 Å². The average Bonchev–Trinajstić information content (AvgIpc) is 2.18. The van der Waals surface area contributed by atoms with Gasteiger partial charge >= 0.3 is 0 Å². The number of nitro groups is 1. The fraction of sp³-hybridized carbons (Fsp3) is 0.444. The maximum atomic E-state index is 10.3. The standard InChI is InChI=1S/C9H11BrN2O2/c1-2-7(10)5-8-3-4-9(6-11-8)12(13)14/h3-4,6-7H,2,5H2,1H3. The highest BCUT2D eigenvalue weighted by atomic mass is 79.9. The molecule has 0 radical (unpaired) electrons. The number of halogens is 1. The number of hydrogen-bond acceptors (Lipinski definition) is 3. The fourth-order valence-electron chi connectivity index (χ4n) is 1.02. The molecule has 0 spiro atoms. The van der Waals surface area contributed by atoms with Crippen LogP contribution in [-0.2, 0) is 6.42 Å². The lowest BCUT2D eigenvalue weighted by Crippen LogP contribution is -2.02. The van der Waals surface area contributed by atoms with E-state index >= 15 is 0 Å². The summed E-state index contributed by atoms with van der Waals surface area (Å²) in [7, 11) is 0. The van der Waals surface area contributed by atoms with Crippen LogP contribution in [0.2, 0.25) is 0 Å². The Bertz CT molecular complexity index is 313. The maximum Gasteiger partial charge on any atom is 0.287 e. The first-order chi connectivity index (χ1) is 6.63. The Labute approximate surface area is 90.6 Å². The minimum Gasteiger partial charge on any atom is -0.258 e. The predicted octanol–water partition coefficient (Wildman–Crippen LogP) is 2.71. The number of aromatic nitrogens is 1. The first kappa shape index (κ1) is 11.1. The molecule has 0 fully saturated rings. The van der Waals surface area contributed by atoms with E-state index in [1.165, 1.54) is 12.3 Å². The van der Waals surface area contributed by atoms with Crippen molar-refractivity contribution in [2.45, 2.75) is 24.6 Å². The van der Waals surface area contributed by atoms with Crippen molar-refractivity contribution < 1.29 is 4.92 Å². The Kier molecular flexibility index (Phi) is 4.00. The zero-order valence-electron chi connectivity index (χ0n) is 7.81. The summed E-state index contributed by atoms with van der Waals surface area (Å²) in [5.41, 5.74) is 0.913. The molecule has 0 amide bonds. The lowest BCUT2D eigenvalue weighted by atomic mass is 10.2. The summed E-state index contributed by atoms with van der Waals surface area (Å²) in [5.74, 6) is 0. The van der Waals surface area contributed by atoms with Gasteiger partial charge in [0.05, 0.1) is 4.92 Å². The minimum atomic E-state index is -0.442. The van der Waals surface area contributed by atoms with Crippen molar-refractivity contribution in [2.75, 3.05) is 0 Å². The van der Waals surface area contributed by atoms with E-state index in [0.717, 1.165) is 18.5 Å². The molecule has 76 valence electrons. The Morgan fingerprint density at radius 3 is 2.79 bits per heavy atom. The van der Waals surface area contributed by atoms with Gasteiger partial charge in [0.1, 0.15) is 6.20 Å². The Morgan fingerprint density at radius 1 is 1.64 bits per heavy atom. The van der Waals surface area contributed by atoms with E-state index in [1.54, 1.807) is 6.07 Å². The summed E-state index contributed by atoms with van der Waals surface area (Å²) in [5, 5.41) is 10.3. The summed E-state index contributed by atoms with van der Waals surface area (Å²) in [6.07, 6.45) is 3.11. The van der Waals surface area contributed by atoms with Crippen LogP contribution < -0.4 is 0 Å². The first-order valence-electron chi connectivity index (χ1n) is 4.37. The van der Waals surface area contributed by atoms with Gasteiger partial charge in [0.25, 0.3) is 5.69 Å². The molecule has 0 aliphatic heterocycles. The molecule has 0 aromatic carbocycles. The van der Waals surface area contributed by atoms with Crippen molar-refractivity contribution in [3.05, 3.63) is 34.1 Å². The molecule has 0 saturated carbocycles. The Balaban J connectivity index is 2.68. The summed E-state index contributed by atoms with van der Waals surface area (Å²) in [6.45, 7) is 2.07. The molecular formula is C9H11BrN2O2. The van der Waals surface area contributed by atoms with Gasteiger partial charge in [0, 0.05) is 23.0 Å². The van der Waals surface area contributed by atoms with Crippen LogP contribution >= 0.6 is 15.9 Å². The lowest BCUT2D eigenvalue weighted by Gasteiger charge is -2.04. The molecule has 5 heteroatoms. The first-order valence-corrected chi connectivity index (χ1v) is 5.28. The van der Waals surface area contributed by atoms with E-state index < -0.39 is 4.92 Å². The van der Waals surface area contributed by atoms with Crippen molar-refractivity contribution in [3.63, 3.8) is 0 Å². The molecule has 1 atom stereocenters. The number of hydrogen-bond donors (Lipinski definition) is 0. The van der Waals surface area contributed by atoms with Gasteiger partial charge in [-0.3, -0.25) is 15.1 Å². The topological polar surface area (TPSA) is 56.0 Å². The Morgan fingerprint density at radius 2 is 2.36 bits per heavy atom. The average molecular weight is 259 g/mol. The zero-order chi connectivity index (χ0) is 10.6. The van der Waals surface area contributed by atoms with E-state index in [1.807, 2.05) is 0 Å². The van der Waals surface area contributed by atoms with Crippen LogP contribution in [0, 0.1) is 10.1 Å². The molecule has 1 unspecified atom stereocenters. The van der Waals surface area contributed by atoms with Crippen LogP contribution in [0.1, 0.15) is 19.0 Å². The highest BCUT2D eigenvalue weighted by Gasteiger charge is 2.07. The van der Waals surface area contributed by atoms with E-state index in [2.05, 4.69) is 27.8 Å². The summed E-state index contributed by atoms with van der Waals surface area (Å²) < 4.78 is 0. The van der Waals surface area contributed by atoms with E-state index in [4.69, 9.17) is 0 Å². The van der Waals surface area contributed by atoms with Gasteiger partial charge < -0.3 is 0 Å². The van der Waals surface area contributed by atoms with Crippen molar-refractivity contribution in [2.24, 2.45) is 0 Å². The molecule has 4 nitrogen and oxygen atoms in total. The molecule has 14 heavy (non-hydrogen) atoms. The summed E-state index contributed by atoms with van der Waals surface area (Å²) in [4.78, 5) is 14.3. The third kappa shape index (κ3) is 3.06. The summed E-state index contributed by atoms with van der Waals surface area (Å²) in [6, 6.07) is 3.18. The Hall–Kier alpha value is -0.970. The number of rotatable bonds is 4. The lowest BCUT2D eigenvalue weighted by molar-refractivity contribution is -0.385. The molecule has 0 bridgehead atoms. The van der Waals surface area contributed by atoms with Crippen molar-refractivity contribution in [3.8, 4) is 0 Å². The summed E-state index contributed by atoms with van der Waals surface area (Å²) >= 11 is 3.49. The number of nitrogens with zero attached hydrogens (tertiary/aromatic N) is 2. The van der Waals surface area contributed by atoms with Gasteiger partial charge in [0.15, 0.2) is 0 Å². The molecule has 1 aromatic rings. The predicted molar refractivity (Wildman–Crippen MR) is 57.6 cm³/mol. The van der Waals surface area contributed by atoms with Crippen molar-refractivity contribution in [1.29, 1.82) is 0 Å². The highest BCUT2D eigenvalue weighted by Crippen LogP contribution is 2.14. The quantitative estimate of drug-likeness (QED) is 0.474. The molecule has 1 heterocycles. The van der Waals surface area contributed by atoms with Crippen LogP contribution in [-0.4, -0.2) is 14.7 Å². The molecule has 0 N–H and O–H groups in total. The van der Waals surface area contributed by atoms with Gasteiger partial charge in [0.2, 0.25) is 0 Å². The third-order valence-corrected chi connectivity index (χ3v) is 2.86. The fourth-order valence-corrected chi connectivity index (χ4v) is 1.35. The molecule has 0 aliphatic rings. The number of alkyl halides is 1. The molecular weight excluding hydrogens is 248 g/mol. The van der Waals surface area contributed by atoms with Crippen LogP contribution in [0.15, 0.2) is 18.3 Å². The number of pyridine rings is 1. The normalized spacial score (nSPS) is 12.4. The second-order valence-corrected chi connectivity index (χ2v) is 4.27. The second-order valence-electron chi connectivity index (χ2n) is 2.97. The second kappa shape index (κ2) is 5.05. The van der Waals surface area contributed by atoms with Gasteiger partial charge in [-0.25, -0.2) is 0 Å². The van der Waals surface area contributed by atoms with Crippen LogP contribution in [0.3, 0.4) is 0 Å². The van der Waals surface area contributed by atoms with Gasteiger partial charge in [-0.05, 0) is 12.5 Å². The molecule has 1 rings (SSSR count). The van der Waals surface area contributed by atoms with Gasteiger partial charge in [-0.2, -0.15) is 0 Å². The van der Waals surface area contributed by atoms with Crippen LogP contribution in [0.4, 0.5) is 5.69 Å². The maximum absolute atomic E-state index is 10.3. The van der Waals surface area contributed by atoms with Crippen molar-refractivity contribution >= 4 is 21.6 Å². The van der Waals surface area contributed by atoms with Gasteiger partial charge in [-0.15, -0.1) is 0 Å². The smallest absolute Gasteiger partial charge is 0.258 e. The van der Waals surface area contributed by atoms with Crippen molar-refractivity contribution in [1.82, 2.24) is 4.98 Å². The monoisotopic (exact) mass is 258 g/mol. The van der Waals surface area contributed by atoms with Gasteiger partial charge in [-0.1, -0.05) is 22.9 Å². The SMILES string of the molecule is CCC(Br)Cc1ccc([N+](=O)[O-])cn1. The molecule has 0 aliphatic carbocycles. The van der Waals surface area contributed by atoms with Crippen LogP contribution in [0.5, 0.6) is 0 Å². The highest BCUT2D eigenvalue weighted by molar-refractivity contribution is 9.09. The third-order valence-electron chi connectivity index (χ3n) is 1.89. The molecule has 1 aromatic heterocycles. The largest absolute Gasteiger partial charge is 0.287 e. The van der Waals surface area contributed by atoms with Crippen LogP contribution in [0.25, 0.3) is 0 Å². The minimum absolute atomic E-state index is 0.0383. The van der Waals surface area contributed by atoms with E-state index in [-0.39, 0.29) is 5.69 Å². The zero-order valence-corrected chi connectivity index (χ0v) is 9.40. The van der Waals surface area contributed by atoms with E-state index in [0.29, 0.717) is 4.83 Å².